The third-order valence-electron chi connectivity index (χ3n) is 2.05. The highest BCUT2D eigenvalue weighted by molar-refractivity contribution is 7.89. The van der Waals surface area contributed by atoms with Crippen LogP contribution in [0.2, 0.25) is 5.02 Å². The first-order chi connectivity index (χ1) is 8.35. The maximum absolute atomic E-state index is 11.1. The summed E-state index contributed by atoms with van der Waals surface area (Å²) in [6.45, 7) is 0. The van der Waals surface area contributed by atoms with Gasteiger partial charge in [-0.1, -0.05) is 16.8 Å². The quantitative estimate of drug-likeness (QED) is 0.923. The predicted molar refractivity (Wildman–Crippen MR) is 65.0 cm³/mol. The molecule has 1 N–H and O–H groups in total. The van der Waals surface area contributed by atoms with Crippen LogP contribution in [0.4, 0.5) is 0 Å². The van der Waals surface area contributed by atoms with Gasteiger partial charge < -0.3 is 9.63 Å². The Hall–Kier alpha value is -1.60. The van der Waals surface area contributed by atoms with Crippen molar-refractivity contribution in [2.75, 3.05) is 6.26 Å². The summed E-state index contributed by atoms with van der Waals surface area (Å²) in [7, 11) is -3.21. The number of halogens is 1. The van der Waals surface area contributed by atoms with Crippen molar-refractivity contribution in [1.29, 1.82) is 0 Å². The van der Waals surface area contributed by atoms with Crippen molar-refractivity contribution in [2.45, 2.75) is 5.75 Å². The van der Waals surface area contributed by atoms with Gasteiger partial charge in [0.05, 0.1) is 5.02 Å². The number of phenols is 1. The predicted octanol–water partition coefficient (Wildman–Crippen LogP) is 1.64. The van der Waals surface area contributed by atoms with E-state index in [1.165, 1.54) is 12.1 Å². The third kappa shape index (κ3) is 2.99. The van der Waals surface area contributed by atoms with Crippen LogP contribution in [-0.4, -0.2) is 29.9 Å². The van der Waals surface area contributed by atoms with Crippen LogP contribution in [-0.2, 0) is 15.6 Å². The van der Waals surface area contributed by atoms with Gasteiger partial charge >= 0.3 is 0 Å². The van der Waals surface area contributed by atoms with E-state index >= 15 is 0 Å². The molecule has 18 heavy (non-hydrogen) atoms. The molecule has 6 nitrogen and oxygen atoms in total. The molecule has 0 fully saturated rings. The number of aromatic hydroxyl groups is 1. The zero-order chi connectivity index (χ0) is 13.3. The topological polar surface area (TPSA) is 93.3 Å². The molecule has 0 saturated heterocycles. The SMILES string of the molecule is CS(=O)(=O)Cc1noc(-c2ccc(O)c(Cl)c2)n1. The van der Waals surface area contributed by atoms with Crippen LogP contribution in [0.3, 0.4) is 0 Å². The van der Waals surface area contributed by atoms with Crippen LogP contribution in [0.25, 0.3) is 11.5 Å². The number of benzene rings is 1. The second-order valence-corrected chi connectivity index (χ2v) is 6.30. The molecule has 0 radical (unpaired) electrons. The van der Waals surface area contributed by atoms with Crippen LogP contribution < -0.4 is 0 Å². The molecule has 0 bridgehead atoms. The Kier molecular flexibility index (Phi) is 3.27. The molecule has 96 valence electrons. The van der Waals surface area contributed by atoms with Crippen LogP contribution in [0, 0.1) is 0 Å². The van der Waals surface area contributed by atoms with Gasteiger partial charge in [0, 0.05) is 11.8 Å². The van der Waals surface area contributed by atoms with E-state index < -0.39 is 9.84 Å². The standard InChI is InChI=1S/C10H9ClN2O4S/c1-18(15,16)5-9-12-10(17-13-9)6-2-3-8(14)7(11)4-6/h2-4,14H,5H2,1H3. The summed E-state index contributed by atoms with van der Waals surface area (Å²) in [5, 5.41) is 13.0. The molecule has 2 aromatic rings. The summed E-state index contributed by atoms with van der Waals surface area (Å²) in [5.74, 6) is -0.119. The largest absolute Gasteiger partial charge is 0.506 e. The zero-order valence-corrected chi connectivity index (χ0v) is 10.9. The Morgan fingerprint density at radius 3 is 2.78 bits per heavy atom. The lowest BCUT2D eigenvalue weighted by Crippen LogP contribution is -2.02. The van der Waals surface area contributed by atoms with Gasteiger partial charge in [0.1, 0.15) is 11.5 Å². The van der Waals surface area contributed by atoms with E-state index in [2.05, 4.69) is 10.1 Å². The summed E-state index contributed by atoms with van der Waals surface area (Å²) in [6, 6.07) is 4.38. The minimum absolute atomic E-state index is 0.0590. The minimum atomic E-state index is -3.21. The van der Waals surface area contributed by atoms with Crippen molar-refractivity contribution >= 4 is 21.4 Å². The molecule has 0 amide bonds. The van der Waals surface area contributed by atoms with Gasteiger partial charge in [-0.25, -0.2) is 8.42 Å². The molecule has 0 saturated carbocycles. The number of hydrogen-bond acceptors (Lipinski definition) is 6. The van der Waals surface area contributed by atoms with Crippen LogP contribution in [0.5, 0.6) is 5.75 Å². The highest BCUT2D eigenvalue weighted by atomic mass is 35.5. The highest BCUT2D eigenvalue weighted by Crippen LogP contribution is 2.28. The molecule has 0 spiro atoms. The normalized spacial score (nSPS) is 11.7. The monoisotopic (exact) mass is 288 g/mol. The Balaban J connectivity index is 2.32. The maximum Gasteiger partial charge on any atom is 0.258 e. The van der Waals surface area contributed by atoms with Crippen molar-refractivity contribution in [2.24, 2.45) is 0 Å². The average molecular weight is 289 g/mol. The highest BCUT2D eigenvalue weighted by Gasteiger charge is 2.14. The molecule has 1 aromatic heterocycles. The van der Waals surface area contributed by atoms with E-state index in [1.807, 2.05) is 0 Å². The number of phenolic OH excluding ortho intramolecular Hbond substituents is 1. The smallest absolute Gasteiger partial charge is 0.258 e. The van der Waals surface area contributed by atoms with E-state index in [4.69, 9.17) is 16.1 Å². The van der Waals surface area contributed by atoms with Crippen molar-refractivity contribution in [3.05, 3.63) is 29.0 Å². The van der Waals surface area contributed by atoms with Crippen molar-refractivity contribution in [3.63, 3.8) is 0 Å². The number of sulfone groups is 1. The number of aromatic nitrogens is 2. The summed E-state index contributed by atoms with van der Waals surface area (Å²) in [5.41, 5.74) is 0.505. The lowest BCUT2D eigenvalue weighted by atomic mass is 10.2. The molecular weight excluding hydrogens is 280 g/mol. The molecule has 1 heterocycles. The number of nitrogens with zero attached hydrogens (tertiary/aromatic N) is 2. The average Bonchev–Trinajstić information content (AvgIpc) is 2.68. The van der Waals surface area contributed by atoms with Crippen LogP contribution >= 0.6 is 11.6 Å². The minimum Gasteiger partial charge on any atom is -0.506 e. The number of rotatable bonds is 3. The van der Waals surface area contributed by atoms with E-state index in [9.17, 15) is 13.5 Å². The molecule has 2 rings (SSSR count). The molecule has 0 atom stereocenters. The lowest BCUT2D eigenvalue weighted by molar-refractivity contribution is 0.424. The van der Waals surface area contributed by atoms with Gasteiger partial charge in [0.25, 0.3) is 5.89 Å². The van der Waals surface area contributed by atoms with Crippen LogP contribution in [0.1, 0.15) is 5.82 Å². The molecule has 8 heteroatoms. The van der Waals surface area contributed by atoms with Gasteiger partial charge in [-0.2, -0.15) is 4.98 Å². The van der Waals surface area contributed by atoms with Gasteiger partial charge in [-0.05, 0) is 18.2 Å². The lowest BCUT2D eigenvalue weighted by Gasteiger charge is -1.97. The fourth-order valence-electron chi connectivity index (χ4n) is 1.30. The Bertz CT molecular complexity index is 681. The first-order valence-corrected chi connectivity index (χ1v) is 7.28. The van der Waals surface area contributed by atoms with E-state index in [0.29, 0.717) is 5.56 Å². The number of hydrogen-bond donors (Lipinski definition) is 1. The summed E-state index contributed by atoms with van der Waals surface area (Å²) in [6.07, 6.45) is 1.08. The van der Waals surface area contributed by atoms with Crippen LogP contribution in [0.15, 0.2) is 22.7 Å². The van der Waals surface area contributed by atoms with Gasteiger partial charge in [-0.3, -0.25) is 0 Å². The molecule has 0 aliphatic rings. The second kappa shape index (κ2) is 4.58. The molecule has 0 aliphatic heterocycles. The van der Waals surface area contributed by atoms with Crippen molar-refractivity contribution < 1.29 is 18.0 Å². The molecule has 0 aliphatic carbocycles. The maximum atomic E-state index is 11.1. The Labute approximate surface area is 108 Å². The zero-order valence-electron chi connectivity index (χ0n) is 9.29. The fourth-order valence-corrected chi connectivity index (χ4v) is 2.07. The molecule has 1 aromatic carbocycles. The first kappa shape index (κ1) is 12.8. The van der Waals surface area contributed by atoms with E-state index in [-0.39, 0.29) is 28.2 Å². The summed E-state index contributed by atoms with van der Waals surface area (Å²) in [4.78, 5) is 3.94. The van der Waals surface area contributed by atoms with E-state index in [1.54, 1.807) is 6.07 Å². The van der Waals surface area contributed by atoms with E-state index in [0.717, 1.165) is 6.26 Å². The second-order valence-electron chi connectivity index (χ2n) is 3.75. The summed E-state index contributed by atoms with van der Waals surface area (Å²) >= 11 is 5.74. The van der Waals surface area contributed by atoms with Gasteiger partial charge in [0.2, 0.25) is 0 Å². The third-order valence-corrected chi connectivity index (χ3v) is 3.14. The van der Waals surface area contributed by atoms with Crippen molar-refractivity contribution in [1.82, 2.24) is 10.1 Å². The first-order valence-electron chi connectivity index (χ1n) is 4.84. The Morgan fingerprint density at radius 1 is 1.44 bits per heavy atom. The summed E-state index contributed by atoms with van der Waals surface area (Å²) < 4.78 is 27.1. The Morgan fingerprint density at radius 2 is 2.17 bits per heavy atom. The molecular formula is C10H9ClN2O4S. The van der Waals surface area contributed by atoms with Gasteiger partial charge in [-0.15, -0.1) is 0 Å². The van der Waals surface area contributed by atoms with Gasteiger partial charge in [0.15, 0.2) is 15.7 Å². The molecule has 0 unspecified atom stereocenters. The fraction of sp³-hybridized carbons (Fsp3) is 0.200. The van der Waals surface area contributed by atoms with Crippen molar-refractivity contribution in [3.8, 4) is 17.2 Å².